The highest BCUT2D eigenvalue weighted by Gasteiger charge is 2.15. The van der Waals surface area contributed by atoms with Crippen molar-refractivity contribution in [2.45, 2.75) is 6.92 Å². The van der Waals surface area contributed by atoms with Crippen LogP contribution in [0.5, 0.6) is 0 Å². The molecule has 0 spiro atoms. The summed E-state index contributed by atoms with van der Waals surface area (Å²) >= 11 is 0. The van der Waals surface area contributed by atoms with Gasteiger partial charge in [0, 0.05) is 0 Å². The topological polar surface area (TPSA) is 94.2 Å². The van der Waals surface area contributed by atoms with Crippen LogP contribution in [-0.2, 0) is 0 Å². The molecule has 2 aromatic heterocycles. The van der Waals surface area contributed by atoms with Crippen molar-refractivity contribution in [2.24, 2.45) is 0 Å². The fourth-order valence-corrected chi connectivity index (χ4v) is 2.04. The molecule has 3 rings (SSSR count). The van der Waals surface area contributed by atoms with Gasteiger partial charge in [-0.2, -0.15) is 5.26 Å². The average Bonchev–Trinajstić information content (AvgIpc) is 2.38. The molecule has 0 saturated heterocycles. The number of nitrogens with zero attached hydrogens (tertiary/aromatic N) is 1. The quantitative estimate of drug-likeness (QED) is 0.614. The van der Waals surface area contributed by atoms with Gasteiger partial charge >= 0.3 is 0 Å². The van der Waals surface area contributed by atoms with Crippen LogP contribution in [0.25, 0.3) is 22.1 Å². The van der Waals surface area contributed by atoms with E-state index in [0.29, 0.717) is 16.4 Å². The highest BCUT2D eigenvalue weighted by molar-refractivity contribution is 5.88. The molecular weight excluding hydrogens is 242 g/mol. The van der Waals surface area contributed by atoms with Crippen molar-refractivity contribution in [3.8, 4) is 6.07 Å². The lowest BCUT2D eigenvalue weighted by Gasteiger charge is -2.01. The van der Waals surface area contributed by atoms with E-state index in [1.807, 2.05) is 19.1 Å². The number of aromatic nitrogens is 1. The zero-order valence-electron chi connectivity index (χ0n) is 10.2. The summed E-state index contributed by atoms with van der Waals surface area (Å²) in [4.78, 5) is 15.1. The fourth-order valence-electron chi connectivity index (χ4n) is 2.04. The highest BCUT2D eigenvalue weighted by atomic mass is 16.3. The Morgan fingerprint density at radius 1 is 1.32 bits per heavy atom. The predicted octanol–water partition coefficient (Wildman–Crippen LogP) is 1.52. The fraction of sp³-hybridized carbons (Fsp3) is 0.0714. The number of aryl methyl sites for hydroxylation is 1. The Kier molecular flexibility index (Phi) is 2.26. The van der Waals surface area contributed by atoms with E-state index in [0.717, 1.165) is 5.56 Å². The molecule has 3 aromatic rings. The number of H-pyrrole nitrogens is 1. The average molecular weight is 252 g/mol. The number of pyridine rings is 1. The third kappa shape index (κ3) is 1.62. The highest BCUT2D eigenvalue weighted by Crippen LogP contribution is 2.18. The molecule has 0 saturated carbocycles. The van der Waals surface area contributed by atoms with E-state index in [2.05, 4.69) is 4.98 Å². The first-order valence-corrected chi connectivity index (χ1v) is 5.69. The number of nitrogen functional groups attached to an aromatic ring is 1. The van der Waals surface area contributed by atoms with Gasteiger partial charge in [0.1, 0.15) is 22.6 Å². The van der Waals surface area contributed by atoms with Gasteiger partial charge in [-0.3, -0.25) is 10.5 Å². The van der Waals surface area contributed by atoms with Gasteiger partial charge in [-0.05, 0) is 30.7 Å². The minimum absolute atomic E-state index is 0.177. The molecule has 2 heterocycles. The number of hydrogen-bond acceptors (Lipinski definition) is 4. The molecular formula is C14H10N3O2+. The lowest BCUT2D eigenvalue weighted by atomic mass is 10.1. The van der Waals surface area contributed by atoms with Crippen LogP contribution in [0.1, 0.15) is 11.1 Å². The Bertz CT molecular complexity index is 920. The number of rotatable bonds is 0. The maximum Gasteiger partial charge on any atom is 0.299 e. The third-order valence-electron chi connectivity index (χ3n) is 3.03. The van der Waals surface area contributed by atoms with Crippen LogP contribution in [0.3, 0.4) is 0 Å². The van der Waals surface area contributed by atoms with Gasteiger partial charge in [-0.15, -0.1) is 0 Å². The number of benzene rings is 1. The molecule has 5 heteroatoms. The third-order valence-corrected chi connectivity index (χ3v) is 3.03. The minimum atomic E-state index is -0.177. The summed E-state index contributed by atoms with van der Waals surface area (Å²) in [5.74, 6) is 0.185. The molecule has 0 atom stereocenters. The van der Waals surface area contributed by atoms with Crippen LogP contribution in [0.15, 0.2) is 33.5 Å². The second-order valence-electron chi connectivity index (χ2n) is 4.38. The van der Waals surface area contributed by atoms with Gasteiger partial charge in [-0.25, -0.2) is 4.98 Å². The normalized spacial score (nSPS) is 10.7. The summed E-state index contributed by atoms with van der Waals surface area (Å²) in [5.41, 5.74) is 7.50. The molecule has 0 unspecified atom stereocenters. The van der Waals surface area contributed by atoms with Gasteiger partial charge in [-0.1, -0.05) is 6.07 Å². The first-order chi connectivity index (χ1) is 9.10. The molecule has 92 valence electrons. The van der Waals surface area contributed by atoms with Crippen LogP contribution in [0.2, 0.25) is 0 Å². The Balaban J connectivity index is 2.55. The lowest BCUT2D eigenvalue weighted by molar-refractivity contribution is -0.338. The van der Waals surface area contributed by atoms with Gasteiger partial charge in [0.2, 0.25) is 5.43 Å². The van der Waals surface area contributed by atoms with Crippen LogP contribution in [-0.4, -0.2) is 0 Å². The van der Waals surface area contributed by atoms with Crippen LogP contribution >= 0.6 is 0 Å². The van der Waals surface area contributed by atoms with Crippen molar-refractivity contribution in [1.29, 1.82) is 5.26 Å². The van der Waals surface area contributed by atoms with Gasteiger partial charge in [0.25, 0.3) is 11.5 Å². The van der Waals surface area contributed by atoms with Crippen molar-refractivity contribution in [2.75, 3.05) is 5.73 Å². The Hall–Kier alpha value is -2.87. The van der Waals surface area contributed by atoms with Crippen LogP contribution in [0, 0.1) is 18.3 Å². The summed E-state index contributed by atoms with van der Waals surface area (Å²) < 4.78 is 5.64. The number of fused-ring (bicyclic) bond motifs is 2. The number of aromatic amines is 1. The molecule has 1 aromatic carbocycles. The molecule has 0 fully saturated rings. The van der Waals surface area contributed by atoms with E-state index >= 15 is 0 Å². The van der Waals surface area contributed by atoms with Crippen molar-refractivity contribution >= 4 is 27.9 Å². The summed E-state index contributed by atoms with van der Waals surface area (Å²) in [6, 6.07) is 8.74. The number of hydrogen-bond donors (Lipinski definition) is 1. The molecule has 0 radical (unpaired) electrons. The second-order valence-corrected chi connectivity index (χ2v) is 4.38. The Morgan fingerprint density at radius 3 is 2.84 bits per heavy atom. The van der Waals surface area contributed by atoms with Gasteiger partial charge in [0.05, 0.1) is 5.39 Å². The van der Waals surface area contributed by atoms with E-state index in [9.17, 15) is 4.79 Å². The Labute approximate surface area is 107 Å². The number of nitrogens with two attached hydrogens (primary N) is 1. The summed E-state index contributed by atoms with van der Waals surface area (Å²) in [6.07, 6.45) is 0. The zero-order chi connectivity index (χ0) is 13.6. The molecule has 5 nitrogen and oxygen atoms in total. The number of nitriles is 1. The number of anilines is 1. The van der Waals surface area contributed by atoms with Crippen molar-refractivity contribution < 1.29 is 9.40 Å². The van der Waals surface area contributed by atoms with Gasteiger partial charge < -0.3 is 4.42 Å². The molecule has 0 aliphatic rings. The lowest BCUT2D eigenvalue weighted by Crippen LogP contribution is -2.17. The summed E-state index contributed by atoms with van der Waals surface area (Å²) in [7, 11) is 0. The van der Waals surface area contributed by atoms with Crippen molar-refractivity contribution in [3.05, 3.63) is 45.6 Å². The van der Waals surface area contributed by atoms with Gasteiger partial charge in [0.15, 0.2) is 0 Å². The minimum Gasteiger partial charge on any atom is -0.422 e. The number of nitrogens with one attached hydrogen (secondary N) is 1. The molecule has 0 amide bonds. The maximum absolute atomic E-state index is 12.3. The monoisotopic (exact) mass is 252 g/mol. The largest absolute Gasteiger partial charge is 0.422 e. The maximum atomic E-state index is 12.3. The second kappa shape index (κ2) is 3.82. The molecule has 19 heavy (non-hydrogen) atoms. The smallest absolute Gasteiger partial charge is 0.299 e. The summed E-state index contributed by atoms with van der Waals surface area (Å²) in [6.45, 7) is 1.92. The first kappa shape index (κ1) is 11.2. The van der Waals surface area contributed by atoms with E-state index in [4.69, 9.17) is 15.4 Å². The standard InChI is InChI=1S/C14H9N3O2/c1-7-2-3-9-11(4-7)19-14-10(12(9)18)5-8(6-15)13(16)17-14/h2-5H,1H3,(H2,16,17)/p+1. The zero-order valence-corrected chi connectivity index (χ0v) is 10.2. The molecule has 3 N–H and O–H groups in total. The van der Waals surface area contributed by atoms with E-state index in [-0.39, 0.29) is 22.5 Å². The predicted molar refractivity (Wildman–Crippen MR) is 70.4 cm³/mol. The van der Waals surface area contributed by atoms with E-state index < -0.39 is 0 Å². The van der Waals surface area contributed by atoms with Crippen molar-refractivity contribution in [3.63, 3.8) is 0 Å². The van der Waals surface area contributed by atoms with Crippen molar-refractivity contribution in [1.82, 2.24) is 0 Å². The summed E-state index contributed by atoms with van der Waals surface area (Å²) in [5, 5.41) is 9.74. The van der Waals surface area contributed by atoms with Crippen LogP contribution < -0.4 is 16.1 Å². The Morgan fingerprint density at radius 2 is 2.11 bits per heavy atom. The van der Waals surface area contributed by atoms with E-state index in [1.165, 1.54) is 6.07 Å². The molecule has 0 aliphatic heterocycles. The van der Waals surface area contributed by atoms with E-state index in [1.54, 1.807) is 12.1 Å². The molecule has 0 bridgehead atoms. The SMILES string of the molecule is Cc1ccc2c(=O)c3cc(C#N)c(N)[nH+]c3oc2c1. The first-order valence-electron chi connectivity index (χ1n) is 5.69. The molecule has 0 aliphatic carbocycles. The van der Waals surface area contributed by atoms with Crippen LogP contribution in [0.4, 0.5) is 5.82 Å².